The van der Waals surface area contributed by atoms with Crippen LogP contribution >= 0.6 is 11.8 Å². The van der Waals surface area contributed by atoms with E-state index >= 15 is 0 Å². The molecule has 9 heavy (non-hydrogen) atoms. The summed E-state index contributed by atoms with van der Waals surface area (Å²) in [5.74, 6) is 0.887. The molecule has 3 heteroatoms. The van der Waals surface area contributed by atoms with Crippen molar-refractivity contribution in [3.63, 3.8) is 0 Å². The van der Waals surface area contributed by atoms with Crippen LogP contribution in [0.15, 0.2) is 0 Å². The van der Waals surface area contributed by atoms with E-state index in [0.29, 0.717) is 6.54 Å². The maximum absolute atomic E-state index is 10.8. The van der Waals surface area contributed by atoms with Gasteiger partial charge in [-0.15, -0.1) is 0 Å². The second-order valence-electron chi connectivity index (χ2n) is 2.11. The third kappa shape index (κ3) is 4.48. The first kappa shape index (κ1) is 8.98. The Kier molecular flexibility index (Phi) is 4.81. The van der Waals surface area contributed by atoms with E-state index in [1.165, 1.54) is 11.8 Å². The molecule has 2 nitrogen and oxygen atoms in total. The Labute approximate surface area is 60.2 Å². The van der Waals surface area contributed by atoms with Gasteiger partial charge in [0.05, 0.1) is 0 Å². The largest absolute Gasteiger partial charge is 0.330 e. The molecule has 0 amide bonds. The van der Waals surface area contributed by atoms with Crippen LogP contribution in [-0.4, -0.2) is 17.4 Å². The Morgan fingerprint density at radius 1 is 1.67 bits per heavy atom. The summed E-state index contributed by atoms with van der Waals surface area (Å²) in [6.07, 6.45) is 0. The van der Waals surface area contributed by atoms with Gasteiger partial charge in [-0.1, -0.05) is 25.6 Å². The predicted molar refractivity (Wildman–Crippen MR) is 41.4 cm³/mol. The lowest BCUT2D eigenvalue weighted by Gasteiger charge is -1.99. The number of nitrogens with two attached hydrogens (primary N) is 1. The summed E-state index contributed by atoms with van der Waals surface area (Å²) in [5.41, 5.74) is 5.20. The smallest absolute Gasteiger partial charge is 0.191 e. The summed E-state index contributed by atoms with van der Waals surface area (Å²) in [6, 6.07) is 0. The molecule has 0 spiro atoms. The minimum absolute atomic E-state index is 0.140. The maximum Gasteiger partial charge on any atom is 0.191 e. The minimum Gasteiger partial charge on any atom is -0.330 e. The van der Waals surface area contributed by atoms with Gasteiger partial charge >= 0.3 is 0 Å². The standard InChI is InChI=1S/C6H13NOS/c1-5(2)6(8)9-4-3-7/h5H,3-4,7H2,1-2H3. The van der Waals surface area contributed by atoms with Crippen LogP contribution in [0.5, 0.6) is 0 Å². The molecule has 0 aromatic rings. The first-order valence-electron chi connectivity index (χ1n) is 3.05. The third-order valence-electron chi connectivity index (χ3n) is 0.834. The van der Waals surface area contributed by atoms with E-state index in [2.05, 4.69) is 0 Å². The van der Waals surface area contributed by atoms with E-state index in [4.69, 9.17) is 5.73 Å². The first-order valence-corrected chi connectivity index (χ1v) is 4.03. The Morgan fingerprint density at radius 2 is 2.22 bits per heavy atom. The molecule has 0 radical (unpaired) electrons. The molecule has 0 aromatic carbocycles. The summed E-state index contributed by atoms with van der Waals surface area (Å²) in [4.78, 5) is 10.8. The summed E-state index contributed by atoms with van der Waals surface area (Å²) in [6.45, 7) is 4.38. The quantitative estimate of drug-likeness (QED) is 0.644. The van der Waals surface area contributed by atoms with E-state index in [1.54, 1.807) is 0 Å². The fraction of sp³-hybridized carbons (Fsp3) is 0.833. The van der Waals surface area contributed by atoms with Crippen molar-refractivity contribution in [1.82, 2.24) is 0 Å². The topological polar surface area (TPSA) is 43.1 Å². The van der Waals surface area contributed by atoms with Gasteiger partial charge in [-0.25, -0.2) is 0 Å². The van der Waals surface area contributed by atoms with Crippen molar-refractivity contribution >= 4 is 16.9 Å². The highest BCUT2D eigenvalue weighted by atomic mass is 32.2. The summed E-state index contributed by atoms with van der Waals surface area (Å²) >= 11 is 1.32. The lowest BCUT2D eigenvalue weighted by molar-refractivity contribution is -0.113. The molecule has 0 saturated carbocycles. The zero-order valence-corrected chi connectivity index (χ0v) is 6.70. The van der Waals surface area contributed by atoms with Gasteiger partial charge in [0.1, 0.15) is 0 Å². The molecule has 54 valence electrons. The molecule has 0 aromatic heterocycles. The Bertz CT molecular complexity index is 93.1. The number of rotatable bonds is 3. The highest BCUT2D eigenvalue weighted by molar-refractivity contribution is 8.13. The fourth-order valence-electron chi connectivity index (χ4n) is 0.326. The SMILES string of the molecule is CC(C)C(=O)SCCN. The second-order valence-corrected chi connectivity index (χ2v) is 3.21. The van der Waals surface area contributed by atoms with E-state index in [0.717, 1.165) is 5.75 Å². The Balaban J connectivity index is 3.28. The van der Waals surface area contributed by atoms with Crippen LogP contribution in [0.2, 0.25) is 0 Å². The fourth-order valence-corrected chi connectivity index (χ4v) is 0.979. The van der Waals surface area contributed by atoms with Crippen molar-refractivity contribution in [3.8, 4) is 0 Å². The number of thioether (sulfide) groups is 1. The highest BCUT2D eigenvalue weighted by Crippen LogP contribution is 2.08. The summed E-state index contributed by atoms with van der Waals surface area (Å²) in [5, 5.41) is 0.237. The normalized spacial score (nSPS) is 10.2. The molecule has 0 saturated heterocycles. The first-order chi connectivity index (χ1) is 4.18. The van der Waals surface area contributed by atoms with Crippen LogP contribution in [0.25, 0.3) is 0 Å². The zero-order chi connectivity index (χ0) is 7.28. The monoisotopic (exact) mass is 147 g/mol. The molecule has 0 unspecified atom stereocenters. The Morgan fingerprint density at radius 3 is 2.56 bits per heavy atom. The van der Waals surface area contributed by atoms with Gasteiger partial charge in [-0.2, -0.15) is 0 Å². The Hall–Kier alpha value is -0.0200. The molecule has 0 aliphatic carbocycles. The van der Waals surface area contributed by atoms with Gasteiger partial charge < -0.3 is 5.73 Å². The predicted octanol–water partition coefficient (Wildman–Crippen LogP) is 0.861. The van der Waals surface area contributed by atoms with Crippen LogP contribution < -0.4 is 5.73 Å². The van der Waals surface area contributed by atoms with Crippen LogP contribution in [0.4, 0.5) is 0 Å². The zero-order valence-electron chi connectivity index (χ0n) is 5.89. The van der Waals surface area contributed by atoms with Gasteiger partial charge in [-0.05, 0) is 0 Å². The molecule has 0 bridgehead atoms. The molecular formula is C6H13NOS. The van der Waals surface area contributed by atoms with Gasteiger partial charge in [0.15, 0.2) is 5.12 Å². The molecule has 0 rings (SSSR count). The number of hydrogen-bond donors (Lipinski definition) is 1. The van der Waals surface area contributed by atoms with Crippen molar-refractivity contribution in [1.29, 1.82) is 0 Å². The van der Waals surface area contributed by atoms with Gasteiger partial charge in [0.25, 0.3) is 0 Å². The number of carbonyl (C=O) groups is 1. The lowest BCUT2D eigenvalue weighted by Crippen LogP contribution is -2.07. The van der Waals surface area contributed by atoms with E-state index in [9.17, 15) is 4.79 Å². The molecule has 0 aliphatic heterocycles. The van der Waals surface area contributed by atoms with Crippen molar-refractivity contribution in [2.45, 2.75) is 13.8 Å². The minimum atomic E-state index is 0.140. The van der Waals surface area contributed by atoms with Gasteiger partial charge in [-0.3, -0.25) is 4.79 Å². The summed E-state index contributed by atoms with van der Waals surface area (Å²) in [7, 11) is 0. The molecule has 0 atom stereocenters. The van der Waals surface area contributed by atoms with Gasteiger partial charge in [0.2, 0.25) is 0 Å². The highest BCUT2D eigenvalue weighted by Gasteiger charge is 2.05. The van der Waals surface area contributed by atoms with Crippen molar-refractivity contribution in [3.05, 3.63) is 0 Å². The van der Waals surface area contributed by atoms with E-state index in [1.807, 2.05) is 13.8 Å². The maximum atomic E-state index is 10.8. The van der Waals surface area contributed by atoms with Crippen LogP contribution in [0.3, 0.4) is 0 Å². The summed E-state index contributed by atoms with van der Waals surface area (Å²) < 4.78 is 0. The van der Waals surface area contributed by atoms with Gasteiger partial charge in [0, 0.05) is 18.2 Å². The molecular weight excluding hydrogens is 134 g/mol. The van der Waals surface area contributed by atoms with E-state index in [-0.39, 0.29) is 11.0 Å². The average Bonchev–Trinajstić information content (AvgIpc) is 1.82. The lowest BCUT2D eigenvalue weighted by atomic mass is 10.3. The van der Waals surface area contributed by atoms with E-state index < -0.39 is 0 Å². The third-order valence-corrected chi connectivity index (χ3v) is 2.03. The number of hydrogen-bond acceptors (Lipinski definition) is 3. The van der Waals surface area contributed by atoms with Crippen LogP contribution in [-0.2, 0) is 4.79 Å². The molecule has 2 N–H and O–H groups in total. The van der Waals surface area contributed by atoms with Crippen molar-refractivity contribution in [2.75, 3.05) is 12.3 Å². The van der Waals surface area contributed by atoms with Crippen LogP contribution in [0.1, 0.15) is 13.8 Å². The molecule has 0 fully saturated rings. The average molecular weight is 147 g/mol. The molecule has 0 aliphatic rings. The van der Waals surface area contributed by atoms with Crippen molar-refractivity contribution < 1.29 is 4.79 Å². The number of carbonyl (C=O) groups excluding carboxylic acids is 1. The van der Waals surface area contributed by atoms with Crippen molar-refractivity contribution in [2.24, 2.45) is 11.7 Å². The van der Waals surface area contributed by atoms with Crippen LogP contribution in [0, 0.1) is 5.92 Å². The molecule has 0 heterocycles. The second kappa shape index (κ2) is 4.82.